The topological polar surface area (TPSA) is 63.4 Å². The molecule has 4 nitrogen and oxygen atoms in total. The molecular weight excluding hydrogens is 200 g/mol. The van der Waals surface area contributed by atoms with Crippen LogP contribution in [0.4, 0.5) is 0 Å². The van der Waals surface area contributed by atoms with E-state index in [1.54, 1.807) is 0 Å². The number of nitrogens with zero attached hydrogens (tertiary/aromatic N) is 1. The first-order valence-corrected chi connectivity index (χ1v) is 6.20. The molecule has 0 aromatic heterocycles. The highest BCUT2D eigenvalue weighted by molar-refractivity contribution is 8.11. The quantitative estimate of drug-likeness (QED) is 0.663. The average molecular weight is 213 g/mol. The lowest BCUT2D eigenvalue weighted by Gasteiger charge is -2.28. The van der Waals surface area contributed by atoms with Gasteiger partial charge in [-0.25, -0.2) is 0 Å². The highest BCUT2D eigenvalue weighted by Gasteiger charge is 2.26. The van der Waals surface area contributed by atoms with E-state index in [4.69, 9.17) is 16.4 Å². The third-order valence-electron chi connectivity index (χ3n) is 2.12. The van der Waals surface area contributed by atoms with Gasteiger partial charge in [-0.15, -0.1) is 0 Å². The molecule has 72 valence electrons. The Morgan fingerprint density at radius 1 is 1.58 bits per heavy atom. The van der Waals surface area contributed by atoms with Crippen molar-refractivity contribution in [2.75, 3.05) is 19.6 Å². The maximum absolute atomic E-state index is 10.9. The Morgan fingerprint density at radius 3 is 2.75 bits per heavy atom. The summed E-state index contributed by atoms with van der Waals surface area (Å²) >= 11 is 0. The Hall–Kier alpha value is 0.160. The van der Waals surface area contributed by atoms with Crippen LogP contribution in [0.1, 0.15) is 12.8 Å². The summed E-state index contributed by atoms with van der Waals surface area (Å²) in [5.41, 5.74) is 5.44. The number of hydrogen-bond acceptors (Lipinski definition) is 3. The van der Waals surface area contributed by atoms with Crippen molar-refractivity contribution in [3.8, 4) is 0 Å². The third-order valence-corrected chi connectivity index (χ3v) is 3.66. The summed E-state index contributed by atoms with van der Waals surface area (Å²) in [5.74, 6) is 0.271. The van der Waals surface area contributed by atoms with Crippen LogP contribution >= 0.6 is 10.7 Å². The molecule has 0 spiro atoms. The molecule has 1 aliphatic heterocycles. The first-order chi connectivity index (χ1) is 5.54. The molecule has 0 saturated carbocycles. The molecule has 1 fully saturated rings. The van der Waals surface area contributed by atoms with Crippen molar-refractivity contribution in [3.05, 3.63) is 0 Å². The molecule has 0 amide bonds. The van der Waals surface area contributed by atoms with E-state index in [-0.39, 0.29) is 5.92 Å². The van der Waals surface area contributed by atoms with E-state index in [1.807, 2.05) is 0 Å². The number of nitrogens with two attached hydrogens (primary N) is 1. The fourth-order valence-electron chi connectivity index (χ4n) is 1.42. The monoisotopic (exact) mass is 212 g/mol. The standard InChI is InChI=1S/C6H13ClN2O2S/c7-12(10,11)9-3-1-2-6(4-8)5-9/h6H,1-5,8H2/t6-/m1/s1. The molecule has 0 aromatic rings. The summed E-state index contributed by atoms with van der Waals surface area (Å²) in [4.78, 5) is 0. The Labute approximate surface area is 77.2 Å². The van der Waals surface area contributed by atoms with Crippen molar-refractivity contribution >= 4 is 19.9 Å². The van der Waals surface area contributed by atoms with Gasteiger partial charge in [-0.2, -0.15) is 12.7 Å². The second-order valence-electron chi connectivity index (χ2n) is 3.04. The molecule has 12 heavy (non-hydrogen) atoms. The van der Waals surface area contributed by atoms with Gasteiger partial charge in [0.1, 0.15) is 0 Å². The largest absolute Gasteiger partial charge is 0.330 e. The molecule has 1 atom stereocenters. The predicted octanol–water partition coefficient (Wildman–Crippen LogP) is 0.141. The summed E-state index contributed by atoms with van der Waals surface area (Å²) in [6, 6.07) is 0. The predicted molar refractivity (Wildman–Crippen MR) is 48.1 cm³/mol. The summed E-state index contributed by atoms with van der Waals surface area (Å²) in [5, 5.41) is 0. The summed E-state index contributed by atoms with van der Waals surface area (Å²) in [6.07, 6.45) is 1.85. The molecule has 0 aliphatic carbocycles. The fourth-order valence-corrected chi connectivity index (χ4v) is 2.53. The molecule has 1 rings (SSSR count). The van der Waals surface area contributed by atoms with Crippen molar-refractivity contribution in [1.82, 2.24) is 4.31 Å². The second kappa shape index (κ2) is 3.91. The van der Waals surface area contributed by atoms with Crippen LogP contribution in [0.5, 0.6) is 0 Å². The van der Waals surface area contributed by atoms with Crippen LogP contribution in [-0.2, 0) is 9.24 Å². The molecule has 0 aromatic carbocycles. The van der Waals surface area contributed by atoms with Crippen LogP contribution in [-0.4, -0.2) is 32.4 Å². The summed E-state index contributed by atoms with van der Waals surface area (Å²) < 4.78 is 23.1. The molecular formula is C6H13ClN2O2S. The van der Waals surface area contributed by atoms with Gasteiger partial charge in [0, 0.05) is 23.8 Å². The Kier molecular flexibility index (Phi) is 3.34. The van der Waals surface area contributed by atoms with Crippen LogP contribution in [0.25, 0.3) is 0 Å². The lowest BCUT2D eigenvalue weighted by Crippen LogP contribution is -2.39. The fraction of sp³-hybridized carbons (Fsp3) is 1.00. The van der Waals surface area contributed by atoms with E-state index >= 15 is 0 Å². The molecule has 1 aliphatic rings. The molecule has 0 unspecified atom stereocenters. The molecule has 6 heteroatoms. The lowest BCUT2D eigenvalue weighted by atomic mass is 10.0. The minimum atomic E-state index is -3.52. The van der Waals surface area contributed by atoms with Gasteiger partial charge in [0.05, 0.1) is 0 Å². The zero-order valence-corrected chi connectivity index (χ0v) is 8.31. The molecule has 0 bridgehead atoms. The Morgan fingerprint density at radius 2 is 2.25 bits per heavy atom. The molecule has 0 radical (unpaired) electrons. The minimum Gasteiger partial charge on any atom is -0.330 e. The van der Waals surface area contributed by atoms with E-state index in [0.717, 1.165) is 12.8 Å². The highest BCUT2D eigenvalue weighted by atomic mass is 35.7. The van der Waals surface area contributed by atoms with E-state index in [0.29, 0.717) is 19.6 Å². The van der Waals surface area contributed by atoms with E-state index in [2.05, 4.69) is 0 Å². The SMILES string of the molecule is NC[C@H]1CCCN(S(=O)(=O)Cl)C1. The van der Waals surface area contributed by atoms with Gasteiger partial charge in [-0.05, 0) is 25.3 Å². The summed E-state index contributed by atoms with van der Waals surface area (Å²) in [7, 11) is 1.67. The average Bonchev–Trinajstić information content (AvgIpc) is 2.03. The zero-order chi connectivity index (χ0) is 9.19. The number of hydrogen-bond donors (Lipinski definition) is 1. The minimum absolute atomic E-state index is 0.271. The smallest absolute Gasteiger partial charge is 0.299 e. The first kappa shape index (κ1) is 10.2. The normalized spacial score (nSPS) is 27.3. The molecule has 2 N–H and O–H groups in total. The van der Waals surface area contributed by atoms with Crippen LogP contribution in [0, 0.1) is 5.92 Å². The Balaban J connectivity index is 2.58. The van der Waals surface area contributed by atoms with Crippen molar-refractivity contribution < 1.29 is 8.42 Å². The highest BCUT2D eigenvalue weighted by Crippen LogP contribution is 2.19. The van der Waals surface area contributed by atoms with E-state index in [9.17, 15) is 8.42 Å². The lowest BCUT2D eigenvalue weighted by molar-refractivity contribution is 0.275. The van der Waals surface area contributed by atoms with Crippen LogP contribution in [0.15, 0.2) is 0 Å². The van der Waals surface area contributed by atoms with Crippen LogP contribution in [0.2, 0.25) is 0 Å². The van der Waals surface area contributed by atoms with E-state index in [1.165, 1.54) is 4.31 Å². The third kappa shape index (κ3) is 2.58. The van der Waals surface area contributed by atoms with Crippen molar-refractivity contribution in [1.29, 1.82) is 0 Å². The first-order valence-electron chi connectivity index (χ1n) is 3.94. The maximum atomic E-state index is 10.9. The zero-order valence-electron chi connectivity index (χ0n) is 6.74. The van der Waals surface area contributed by atoms with Crippen molar-refractivity contribution in [3.63, 3.8) is 0 Å². The van der Waals surface area contributed by atoms with Crippen LogP contribution < -0.4 is 5.73 Å². The van der Waals surface area contributed by atoms with Crippen molar-refractivity contribution in [2.24, 2.45) is 11.7 Å². The van der Waals surface area contributed by atoms with Gasteiger partial charge < -0.3 is 5.73 Å². The van der Waals surface area contributed by atoms with Gasteiger partial charge in [0.2, 0.25) is 0 Å². The number of halogens is 1. The van der Waals surface area contributed by atoms with Gasteiger partial charge in [0.15, 0.2) is 0 Å². The second-order valence-corrected chi connectivity index (χ2v) is 5.55. The number of piperidine rings is 1. The maximum Gasteiger partial charge on any atom is 0.299 e. The van der Waals surface area contributed by atoms with Crippen LogP contribution in [0.3, 0.4) is 0 Å². The molecule has 1 heterocycles. The van der Waals surface area contributed by atoms with Crippen molar-refractivity contribution in [2.45, 2.75) is 12.8 Å². The number of rotatable bonds is 2. The Bertz CT molecular complexity index is 242. The van der Waals surface area contributed by atoms with Gasteiger partial charge in [-0.1, -0.05) is 0 Å². The summed E-state index contributed by atoms with van der Waals surface area (Å²) in [6.45, 7) is 1.54. The molecule has 1 saturated heterocycles. The van der Waals surface area contributed by atoms with Gasteiger partial charge >= 0.3 is 0 Å². The van der Waals surface area contributed by atoms with E-state index < -0.39 is 9.24 Å². The van der Waals surface area contributed by atoms with Gasteiger partial charge in [-0.3, -0.25) is 0 Å². The van der Waals surface area contributed by atoms with Gasteiger partial charge in [0.25, 0.3) is 9.24 Å².